The zero-order chi connectivity index (χ0) is 40.2. The first kappa shape index (κ1) is 45.1. The molecule has 10 heteroatoms. The van der Waals surface area contributed by atoms with Crippen LogP contribution in [-0.2, 0) is 29.4 Å². The molecule has 0 unspecified atom stereocenters. The van der Waals surface area contributed by atoms with Crippen LogP contribution in [0.3, 0.4) is 0 Å². The van der Waals surface area contributed by atoms with Crippen molar-refractivity contribution < 1.29 is 48.5 Å². The zero-order valence-electron chi connectivity index (χ0n) is 32.0. The van der Waals surface area contributed by atoms with E-state index in [2.05, 4.69) is 55.7 Å². The maximum absolute atomic E-state index is 13.5. The van der Waals surface area contributed by atoms with Gasteiger partial charge in [0.2, 0.25) is 0 Å². The molecule has 0 aliphatic heterocycles. The van der Waals surface area contributed by atoms with Crippen LogP contribution in [0.2, 0.25) is 0 Å². The summed E-state index contributed by atoms with van der Waals surface area (Å²) < 4.78 is 81.3. The van der Waals surface area contributed by atoms with Gasteiger partial charge in [-0.25, -0.2) is 0 Å². The molecule has 296 valence electrons. The predicted molar refractivity (Wildman–Crippen MR) is 217 cm³/mol. The van der Waals surface area contributed by atoms with Crippen molar-refractivity contribution in [3.63, 3.8) is 0 Å². The van der Waals surface area contributed by atoms with Crippen LogP contribution in [0.1, 0.15) is 77.2 Å². The molecule has 0 saturated heterocycles. The molecule has 1 nitrogen and oxygen atoms in total. The summed E-state index contributed by atoms with van der Waals surface area (Å²) in [5.41, 5.74) is 3.88. The Morgan fingerprint density at radius 2 is 0.930 bits per heavy atom. The molecule has 1 N–H and O–H groups in total. The second-order valence-electron chi connectivity index (χ2n) is 14.3. The summed E-state index contributed by atoms with van der Waals surface area (Å²) in [6.45, 7) is 8.15. The number of halogens is 6. The normalized spacial score (nSPS) is 15.7. The van der Waals surface area contributed by atoms with Crippen molar-refractivity contribution in [3.05, 3.63) is 179 Å². The molecule has 1 atom stereocenters. The first-order valence-electron chi connectivity index (χ1n) is 18.5. The molecule has 2 fully saturated rings. The standard InChI is InChI=1S/C42H32F6OP2.C5H10.Fe/c1-26-20-27(2)23-34(22-26)51(35-24-28(3)21-29(4)25-35)39-11-7-9-37(39)40(49)36-8-5-6-10-38(36)50(32-16-12-30(13-17-32)41(43,44)45)33-18-14-31(15-19-33)42(46,47)48;1-2-4-5-3-1;/h5-6,8,10,12-25,40,49H,1-4H3;1-5H2;/t40-;;/m0../s1. The number of hydrogen-bond donors (Lipinski definition) is 1. The van der Waals surface area contributed by atoms with Gasteiger partial charge in [0.25, 0.3) is 0 Å². The largest absolute Gasteiger partial charge is 0.416 e. The monoisotopic (exact) mass is 854 g/mol. The summed E-state index contributed by atoms with van der Waals surface area (Å²) in [5.74, 6) is 0.460. The van der Waals surface area contributed by atoms with E-state index in [1.165, 1.54) is 56.4 Å². The first-order valence-corrected chi connectivity index (χ1v) is 21.2. The van der Waals surface area contributed by atoms with Crippen LogP contribution in [0.4, 0.5) is 26.3 Å². The predicted octanol–water partition coefficient (Wildman–Crippen LogP) is 11.2. The Balaban J connectivity index is 0.000000959. The Morgan fingerprint density at radius 3 is 1.33 bits per heavy atom. The van der Waals surface area contributed by atoms with Gasteiger partial charge in [0, 0.05) is 47.9 Å². The van der Waals surface area contributed by atoms with Gasteiger partial charge in [-0.3, -0.25) is 0 Å². The fourth-order valence-corrected chi connectivity index (χ4v) is 12.4. The van der Waals surface area contributed by atoms with E-state index in [-0.39, 0.29) is 17.1 Å². The molecule has 7 rings (SSSR count). The third kappa shape index (κ3) is 11.2. The van der Waals surface area contributed by atoms with Gasteiger partial charge in [0.15, 0.2) is 0 Å². The van der Waals surface area contributed by atoms with Crippen molar-refractivity contribution in [1.82, 2.24) is 0 Å². The summed E-state index contributed by atoms with van der Waals surface area (Å²) >= 11 is 0. The van der Waals surface area contributed by atoms with Gasteiger partial charge < -0.3 is 5.11 Å². The second-order valence-corrected chi connectivity index (χ2v) is 18.7. The van der Waals surface area contributed by atoms with Crippen LogP contribution in [0, 0.1) is 58.5 Å². The van der Waals surface area contributed by atoms with Crippen LogP contribution in [0.15, 0.2) is 109 Å². The molecule has 57 heavy (non-hydrogen) atoms. The molecule has 5 aromatic rings. The third-order valence-electron chi connectivity index (χ3n) is 9.69. The first-order chi connectivity index (χ1) is 26.6. The van der Waals surface area contributed by atoms with Crippen LogP contribution in [-0.4, -0.2) is 5.11 Å². The Bertz CT molecular complexity index is 1920. The molecule has 0 amide bonds. The Hall–Kier alpha value is -2.98. The van der Waals surface area contributed by atoms with E-state index in [0.717, 1.165) is 62.8 Å². The van der Waals surface area contributed by atoms with Gasteiger partial charge >= 0.3 is 12.4 Å². The van der Waals surface area contributed by atoms with Gasteiger partial charge in [-0.05, 0) is 99.9 Å². The molecular formula is C47H42F6FeOP2. The van der Waals surface area contributed by atoms with E-state index >= 15 is 0 Å². The number of hydrogen-bond acceptors (Lipinski definition) is 1. The summed E-state index contributed by atoms with van der Waals surface area (Å²) in [4.78, 5) is 0. The van der Waals surface area contributed by atoms with E-state index in [0.29, 0.717) is 27.4 Å². The Kier molecular flexibility index (Phi) is 15.3. The number of rotatable bonds is 8. The van der Waals surface area contributed by atoms with Crippen molar-refractivity contribution in [2.24, 2.45) is 0 Å². The van der Waals surface area contributed by atoms with Crippen molar-refractivity contribution in [2.75, 3.05) is 0 Å². The van der Waals surface area contributed by atoms with Gasteiger partial charge in [-0.1, -0.05) is 139 Å². The topological polar surface area (TPSA) is 20.2 Å². The van der Waals surface area contributed by atoms with Gasteiger partial charge in [0.1, 0.15) is 0 Å². The number of aliphatic hydroxyl groups excluding tert-OH is 1. The molecule has 0 aromatic heterocycles. The summed E-state index contributed by atoms with van der Waals surface area (Å²) in [5, 5.41) is 16.0. The summed E-state index contributed by atoms with van der Waals surface area (Å²) in [6.07, 6.45) is 6.48. The molecule has 0 spiro atoms. The number of aliphatic hydroxyl groups is 1. The number of benzene rings is 5. The van der Waals surface area contributed by atoms with Gasteiger partial charge in [-0.2, -0.15) is 26.3 Å². The quantitative estimate of drug-likeness (QED) is 0.0937. The van der Waals surface area contributed by atoms with E-state index in [1.54, 1.807) is 24.3 Å². The fraction of sp³-hybridized carbons (Fsp3) is 0.255. The molecular weight excluding hydrogens is 812 g/mol. The zero-order valence-corrected chi connectivity index (χ0v) is 34.9. The minimum absolute atomic E-state index is 0. The van der Waals surface area contributed by atoms with Crippen LogP contribution in [0.25, 0.3) is 0 Å². The summed E-state index contributed by atoms with van der Waals surface area (Å²) in [6, 6.07) is 29.1. The Morgan fingerprint density at radius 1 is 0.526 bits per heavy atom. The SMILES string of the molecule is C1CCCC1.Cc1cc(C)cc(P([C]2[C][C][C][C]2[C@@H](O)c2ccccc2P(c2ccc(C(F)(F)F)cc2)c2ccc(C(F)(F)F)cc2)c2cc(C)cc(C)c2)c1.[Fe]. The molecule has 0 bridgehead atoms. The van der Waals surface area contributed by atoms with Crippen molar-refractivity contribution in [2.45, 2.75) is 78.3 Å². The average Bonchev–Trinajstić information content (AvgIpc) is 3.88. The van der Waals surface area contributed by atoms with Crippen LogP contribution in [0.5, 0.6) is 0 Å². The van der Waals surface area contributed by atoms with E-state index < -0.39 is 45.4 Å². The van der Waals surface area contributed by atoms with Crippen molar-refractivity contribution >= 4 is 42.4 Å². The number of alkyl halides is 6. The maximum Gasteiger partial charge on any atom is 0.416 e. The fourth-order valence-electron chi connectivity index (χ4n) is 7.21. The third-order valence-corrected chi connectivity index (χ3v) is 14.6. The van der Waals surface area contributed by atoms with Crippen LogP contribution >= 0.6 is 15.8 Å². The molecule has 5 aromatic carbocycles. The van der Waals surface area contributed by atoms with Crippen molar-refractivity contribution in [1.29, 1.82) is 0 Å². The smallest absolute Gasteiger partial charge is 0.388 e. The van der Waals surface area contributed by atoms with Gasteiger partial charge in [-0.15, -0.1) is 0 Å². The molecule has 8 radical (unpaired) electrons. The van der Waals surface area contributed by atoms with E-state index in [1.807, 2.05) is 27.7 Å². The van der Waals surface area contributed by atoms with Crippen LogP contribution < -0.4 is 26.5 Å². The molecule has 2 aliphatic rings. The minimum Gasteiger partial charge on any atom is -0.388 e. The summed E-state index contributed by atoms with van der Waals surface area (Å²) in [7, 11) is -2.97. The van der Waals surface area contributed by atoms with E-state index in [4.69, 9.17) is 0 Å². The van der Waals surface area contributed by atoms with Gasteiger partial charge in [0.05, 0.1) is 17.2 Å². The molecule has 2 saturated carbocycles. The molecule has 0 heterocycles. The number of aryl methyl sites for hydroxylation is 4. The Labute approximate surface area is 346 Å². The second kappa shape index (κ2) is 19.4. The maximum atomic E-state index is 13.5. The average molecular weight is 855 g/mol. The molecule has 2 aliphatic carbocycles. The minimum atomic E-state index is -4.56. The van der Waals surface area contributed by atoms with E-state index in [9.17, 15) is 31.4 Å². The van der Waals surface area contributed by atoms with Crippen molar-refractivity contribution in [3.8, 4) is 0 Å².